The van der Waals surface area contributed by atoms with E-state index in [4.69, 9.17) is 0 Å². The second-order valence-electron chi connectivity index (χ2n) is 4.13. The molecule has 0 bridgehead atoms. The fourth-order valence-corrected chi connectivity index (χ4v) is 1.78. The summed E-state index contributed by atoms with van der Waals surface area (Å²) in [5.41, 5.74) is 0. The lowest BCUT2D eigenvalue weighted by molar-refractivity contribution is 0.141. The van der Waals surface area contributed by atoms with E-state index in [1.165, 1.54) is 0 Å². The molecule has 1 rings (SSSR count). The molecule has 0 aliphatic rings. The molecular weight excluding hydrogens is 202 g/mol. The van der Waals surface area contributed by atoms with Gasteiger partial charge in [0.2, 0.25) is 0 Å². The minimum Gasteiger partial charge on any atom is -0.393 e. The van der Waals surface area contributed by atoms with Crippen LogP contribution in [0.2, 0.25) is 0 Å². The Bertz CT molecular complexity index is 294. The summed E-state index contributed by atoms with van der Waals surface area (Å²) in [5.74, 6) is 0.951. The van der Waals surface area contributed by atoms with Crippen molar-refractivity contribution in [2.24, 2.45) is 7.05 Å². The number of aryl methyl sites for hydroxylation is 1. The number of aliphatic hydroxyl groups is 1. The van der Waals surface area contributed by atoms with E-state index in [2.05, 4.69) is 23.7 Å². The van der Waals surface area contributed by atoms with Gasteiger partial charge in [-0.25, -0.2) is 4.98 Å². The summed E-state index contributed by atoms with van der Waals surface area (Å²) < 4.78 is 1.96. The van der Waals surface area contributed by atoms with Crippen molar-refractivity contribution in [2.45, 2.75) is 32.8 Å². The highest BCUT2D eigenvalue weighted by Crippen LogP contribution is 2.04. The van der Waals surface area contributed by atoms with Crippen molar-refractivity contribution in [3.05, 3.63) is 18.2 Å². The highest BCUT2D eigenvalue weighted by Gasteiger charge is 2.10. The van der Waals surface area contributed by atoms with Gasteiger partial charge in [-0.3, -0.25) is 0 Å². The summed E-state index contributed by atoms with van der Waals surface area (Å²) in [6.45, 7) is 7.35. The predicted octanol–water partition coefficient (Wildman–Crippen LogP) is 1.06. The number of imidazole rings is 1. The lowest BCUT2D eigenvalue weighted by Crippen LogP contribution is -2.28. The normalized spacial score (nSPS) is 13.3. The Hall–Kier alpha value is -0.870. The molecule has 1 aromatic rings. The zero-order valence-corrected chi connectivity index (χ0v) is 10.6. The molecule has 0 aliphatic heterocycles. The van der Waals surface area contributed by atoms with Gasteiger partial charge in [0.25, 0.3) is 0 Å². The zero-order valence-electron chi connectivity index (χ0n) is 10.6. The van der Waals surface area contributed by atoms with Crippen LogP contribution < -0.4 is 0 Å². The van der Waals surface area contributed by atoms with Crippen LogP contribution in [0.5, 0.6) is 0 Å². The first-order valence-electron chi connectivity index (χ1n) is 6.04. The summed E-state index contributed by atoms with van der Waals surface area (Å²) in [5, 5.41) is 9.91. The minimum atomic E-state index is -0.290. The van der Waals surface area contributed by atoms with Gasteiger partial charge in [0.1, 0.15) is 5.82 Å². The van der Waals surface area contributed by atoms with E-state index in [0.29, 0.717) is 6.42 Å². The van der Waals surface area contributed by atoms with Crippen molar-refractivity contribution < 1.29 is 5.11 Å². The molecule has 0 saturated carbocycles. The number of hydrogen-bond donors (Lipinski definition) is 1. The van der Waals surface area contributed by atoms with Crippen molar-refractivity contribution >= 4 is 0 Å². The second kappa shape index (κ2) is 6.66. The molecule has 1 heterocycles. The summed E-state index contributed by atoms with van der Waals surface area (Å²) >= 11 is 0. The van der Waals surface area contributed by atoms with Crippen molar-refractivity contribution in [3.8, 4) is 0 Å². The van der Waals surface area contributed by atoms with Crippen molar-refractivity contribution in [3.63, 3.8) is 0 Å². The summed E-state index contributed by atoms with van der Waals surface area (Å²) in [4.78, 5) is 6.53. The molecule has 1 unspecified atom stereocenters. The molecule has 4 heteroatoms. The molecule has 16 heavy (non-hydrogen) atoms. The average Bonchev–Trinajstić information content (AvgIpc) is 2.66. The maximum Gasteiger partial charge on any atom is 0.110 e. The number of aromatic nitrogens is 2. The highest BCUT2D eigenvalue weighted by atomic mass is 16.3. The first-order valence-corrected chi connectivity index (χ1v) is 6.04. The van der Waals surface area contributed by atoms with Crippen molar-refractivity contribution in [2.75, 3.05) is 19.6 Å². The molecule has 1 N–H and O–H groups in total. The second-order valence-corrected chi connectivity index (χ2v) is 4.13. The number of nitrogens with zero attached hydrogens (tertiary/aromatic N) is 3. The molecule has 4 nitrogen and oxygen atoms in total. The van der Waals surface area contributed by atoms with E-state index in [-0.39, 0.29) is 6.10 Å². The van der Waals surface area contributed by atoms with E-state index in [1.807, 2.05) is 17.8 Å². The standard InChI is InChI=1S/C12H23N3O/c1-4-15(5-2)8-6-11(16)10-12-13-7-9-14(12)3/h7,9,11,16H,4-6,8,10H2,1-3H3. The quantitative estimate of drug-likeness (QED) is 0.754. The fourth-order valence-electron chi connectivity index (χ4n) is 1.78. The number of hydrogen-bond acceptors (Lipinski definition) is 3. The third-order valence-electron chi connectivity index (χ3n) is 3.01. The van der Waals surface area contributed by atoms with E-state index in [1.54, 1.807) is 6.20 Å². The maximum absolute atomic E-state index is 9.91. The molecule has 0 radical (unpaired) electrons. The molecule has 1 atom stereocenters. The summed E-state index contributed by atoms with van der Waals surface area (Å²) in [6.07, 6.45) is 4.85. The first-order chi connectivity index (χ1) is 7.67. The molecule has 0 fully saturated rings. The molecular formula is C12H23N3O. The van der Waals surface area contributed by atoms with Crippen molar-refractivity contribution in [1.82, 2.24) is 14.5 Å². The molecule has 92 valence electrons. The van der Waals surface area contributed by atoms with Gasteiger partial charge >= 0.3 is 0 Å². The minimum absolute atomic E-state index is 0.290. The maximum atomic E-state index is 9.91. The summed E-state index contributed by atoms with van der Waals surface area (Å²) in [6, 6.07) is 0. The monoisotopic (exact) mass is 225 g/mol. The molecule has 0 amide bonds. The van der Waals surface area contributed by atoms with Crippen LogP contribution in [0.3, 0.4) is 0 Å². The number of aliphatic hydroxyl groups excluding tert-OH is 1. The molecule has 0 spiro atoms. The Kier molecular flexibility index (Phi) is 5.49. The topological polar surface area (TPSA) is 41.3 Å². The Morgan fingerprint density at radius 3 is 2.62 bits per heavy atom. The van der Waals surface area contributed by atoms with Gasteiger partial charge in [0.05, 0.1) is 6.10 Å². The molecule has 1 aromatic heterocycles. The van der Waals surface area contributed by atoms with E-state index >= 15 is 0 Å². The lowest BCUT2D eigenvalue weighted by atomic mass is 10.1. The van der Waals surface area contributed by atoms with Crippen LogP contribution >= 0.6 is 0 Å². The molecule has 0 aliphatic carbocycles. The van der Waals surface area contributed by atoms with Gasteiger partial charge in [-0.2, -0.15) is 0 Å². The largest absolute Gasteiger partial charge is 0.393 e. The average molecular weight is 225 g/mol. The third-order valence-corrected chi connectivity index (χ3v) is 3.01. The van der Waals surface area contributed by atoms with Crippen LogP contribution in [0.25, 0.3) is 0 Å². The van der Waals surface area contributed by atoms with Crippen molar-refractivity contribution in [1.29, 1.82) is 0 Å². The highest BCUT2D eigenvalue weighted by molar-refractivity contribution is 4.93. The van der Waals surface area contributed by atoms with Crippen LogP contribution in [-0.2, 0) is 13.5 Å². The predicted molar refractivity (Wildman–Crippen MR) is 65.3 cm³/mol. The Morgan fingerprint density at radius 2 is 2.12 bits per heavy atom. The summed E-state index contributed by atoms with van der Waals surface area (Å²) in [7, 11) is 1.96. The van der Waals surface area contributed by atoms with Gasteiger partial charge < -0.3 is 14.6 Å². The Morgan fingerprint density at radius 1 is 1.44 bits per heavy atom. The smallest absolute Gasteiger partial charge is 0.110 e. The number of rotatable bonds is 7. The van der Waals surface area contributed by atoms with Crippen LogP contribution in [0.1, 0.15) is 26.1 Å². The van der Waals surface area contributed by atoms with Gasteiger partial charge in [-0.15, -0.1) is 0 Å². The van der Waals surface area contributed by atoms with Crippen LogP contribution in [0.15, 0.2) is 12.4 Å². The van der Waals surface area contributed by atoms with Gasteiger partial charge in [0, 0.05) is 32.4 Å². The van der Waals surface area contributed by atoms with E-state index < -0.39 is 0 Å². The van der Waals surface area contributed by atoms with E-state index in [9.17, 15) is 5.11 Å². The van der Waals surface area contributed by atoms with Gasteiger partial charge in [0.15, 0.2) is 0 Å². The van der Waals surface area contributed by atoms with Crippen LogP contribution in [0.4, 0.5) is 0 Å². The lowest BCUT2D eigenvalue weighted by Gasteiger charge is -2.19. The fraction of sp³-hybridized carbons (Fsp3) is 0.750. The third kappa shape index (κ3) is 3.94. The Labute approximate surface area is 97.9 Å². The first kappa shape index (κ1) is 13.2. The van der Waals surface area contributed by atoms with Crippen LogP contribution in [-0.4, -0.2) is 45.3 Å². The van der Waals surface area contributed by atoms with Crippen LogP contribution in [0, 0.1) is 0 Å². The Balaban J connectivity index is 2.31. The van der Waals surface area contributed by atoms with E-state index in [0.717, 1.165) is 31.9 Å². The SMILES string of the molecule is CCN(CC)CCC(O)Cc1nccn1C. The molecule has 0 saturated heterocycles. The van der Waals surface area contributed by atoms with Gasteiger partial charge in [-0.05, 0) is 19.5 Å². The van der Waals surface area contributed by atoms with Gasteiger partial charge in [-0.1, -0.05) is 13.8 Å². The zero-order chi connectivity index (χ0) is 12.0. The molecule has 0 aromatic carbocycles.